The minimum Gasteiger partial charge on any atom is -0.493 e. The van der Waals surface area contributed by atoms with Crippen molar-refractivity contribution < 1.29 is 13.9 Å². The monoisotopic (exact) mass is 307 g/mol. The Hall–Kier alpha value is -0.550. The molecular weight excluding hydrogens is 292 g/mol. The molecule has 0 spiro atoms. The van der Waals surface area contributed by atoms with E-state index in [1.165, 1.54) is 0 Å². The van der Waals surface area contributed by atoms with Crippen LogP contribution in [0.5, 0.6) is 5.75 Å². The van der Waals surface area contributed by atoms with Gasteiger partial charge >= 0.3 is 0 Å². The number of halogens is 3. The average Bonchev–Trinajstić information content (AvgIpc) is 2.90. The molecule has 0 saturated carbocycles. The number of rotatable bonds is 5. The number of alkyl halides is 1. The lowest BCUT2D eigenvalue weighted by Gasteiger charge is -2.20. The van der Waals surface area contributed by atoms with Crippen molar-refractivity contribution in [3.8, 4) is 5.75 Å². The Morgan fingerprint density at radius 3 is 2.95 bits per heavy atom. The zero-order valence-corrected chi connectivity index (χ0v) is 12.2. The molecule has 6 heteroatoms. The zero-order valence-electron chi connectivity index (χ0n) is 10.6. The smallest absolute Gasteiger partial charge is 0.150 e. The Morgan fingerprint density at radius 1 is 1.58 bits per heavy atom. The summed E-state index contributed by atoms with van der Waals surface area (Å²) >= 11 is 11.7. The van der Waals surface area contributed by atoms with Gasteiger partial charge in [0, 0.05) is 5.88 Å². The average molecular weight is 308 g/mol. The molecule has 1 heterocycles. The third kappa shape index (κ3) is 3.14. The highest BCUT2D eigenvalue weighted by Crippen LogP contribution is 2.37. The minimum atomic E-state index is -0.452. The first-order valence-corrected chi connectivity index (χ1v) is 7.11. The molecule has 1 aromatic carbocycles. The quantitative estimate of drug-likeness (QED) is 0.847. The summed E-state index contributed by atoms with van der Waals surface area (Å²) in [6.07, 6.45) is 0.581. The maximum Gasteiger partial charge on any atom is 0.150 e. The maximum absolute atomic E-state index is 14.3. The Balaban J connectivity index is 2.51. The van der Waals surface area contributed by atoms with E-state index in [0.29, 0.717) is 43.6 Å². The van der Waals surface area contributed by atoms with Crippen LogP contribution in [0, 0.1) is 5.82 Å². The summed E-state index contributed by atoms with van der Waals surface area (Å²) in [5.41, 5.74) is 1.26. The van der Waals surface area contributed by atoms with Gasteiger partial charge in [-0.05, 0) is 25.0 Å². The van der Waals surface area contributed by atoms with Crippen LogP contribution < -0.4 is 10.1 Å². The molecule has 19 heavy (non-hydrogen) atoms. The van der Waals surface area contributed by atoms with E-state index in [1.54, 1.807) is 6.07 Å². The van der Waals surface area contributed by atoms with Gasteiger partial charge in [0.1, 0.15) is 11.6 Å². The van der Waals surface area contributed by atoms with E-state index < -0.39 is 5.82 Å². The van der Waals surface area contributed by atoms with Crippen LogP contribution >= 0.6 is 23.2 Å². The third-order valence-electron chi connectivity index (χ3n) is 3.00. The molecule has 1 unspecified atom stereocenters. The van der Waals surface area contributed by atoms with Crippen molar-refractivity contribution in [3.63, 3.8) is 0 Å². The topological polar surface area (TPSA) is 30.5 Å². The molecule has 1 N–H and O–H groups in total. The van der Waals surface area contributed by atoms with Gasteiger partial charge in [0.05, 0.1) is 36.6 Å². The van der Waals surface area contributed by atoms with Gasteiger partial charge in [-0.25, -0.2) is 4.39 Å². The van der Waals surface area contributed by atoms with Gasteiger partial charge in [-0.3, -0.25) is 5.32 Å². The number of nitrogens with one attached hydrogen (secondary N) is 1. The van der Waals surface area contributed by atoms with E-state index in [9.17, 15) is 4.39 Å². The van der Waals surface area contributed by atoms with Crippen LogP contribution in [-0.2, 0) is 11.2 Å². The standard InChI is InChI=1S/C13H16Cl2FNO2/c1-2-19-13-8(3-4-14)5-9(15)12(16)11(13)10-6-18-7-17-10/h5,10,17H,2-4,6-7H2,1H3. The minimum absolute atomic E-state index is 0.0901. The van der Waals surface area contributed by atoms with Crippen LogP contribution in [0.25, 0.3) is 0 Å². The summed E-state index contributed by atoms with van der Waals surface area (Å²) in [5.74, 6) is 0.510. The van der Waals surface area contributed by atoms with Gasteiger partial charge in [-0.1, -0.05) is 11.6 Å². The Morgan fingerprint density at radius 2 is 2.37 bits per heavy atom. The zero-order chi connectivity index (χ0) is 13.8. The lowest BCUT2D eigenvalue weighted by Crippen LogP contribution is -2.18. The molecule has 1 aliphatic heterocycles. The fourth-order valence-corrected chi connectivity index (χ4v) is 2.61. The van der Waals surface area contributed by atoms with E-state index in [-0.39, 0.29) is 11.1 Å². The van der Waals surface area contributed by atoms with Crippen LogP contribution in [0.4, 0.5) is 4.39 Å². The van der Waals surface area contributed by atoms with Crippen LogP contribution in [0.3, 0.4) is 0 Å². The molecule has 1 aliphatic rings. The SMILES string of the molecule is CCOc1c(CCCl)cc(Cl)c(F)c1C1COCN1. The molecule has 0 aromatic heterocycles. The summed E-state index contributed by atoms with van der Waals surface area (Å²) in [4.78, 5) is 0. The summed E-state index contributed by atoms with van der Waals surface area (Å²) in [6, 6.07) is 1.35. The van der Waals surface area contributed by atoms with Crippen LogP contribution in [0.2, 0.25) is 5.02 Å². The summed E-state index contributed by atoms with van der Waals surface area (Å²) < 4.78 is 25.2. The Kier molecular flexibility index (Phi) is 5.28. The van der Waals surface area contributed by atoms with Crippen LogP contribution in [-0.4, -0.2) is 25.8 Å². The molecule has 1 fully saturated rings. The molecule has 1 atom stereocenters. The summed E-state index contributed by atoms with van der Waals surface area (Å²) in [6.45, 7) is 3.11. The summed E-state index contributed by atoms with van der Waals surface area (Å²) in [7, 11) is 0. The van der Waals surface area contributed by atoms with E-state index in [2.05, 4.69) is 5.32 Å². The number of benzene rings is 1. The molecule has 106 valence electrons. The highest BCUT2D eigenvalue weighted by Gasteiger charge is 2.28. The first-order chi connectivity index (χ1) is 9.19. The van der Waals surface area contributed by atoms with Gasteiger partial charge < -0.3 is 9.47 Å². The number of aryl methyl sites for hydroxylation is 1. The first kappa shape index (κ1) is 14.9. The number of hydrogen-bond donors (Lipinski definition) is 1. The van der Waals surface area contributed by atoms with E-state index in [4.69, 9.17) is 32.7 Å². The lowest BCUT2D eigenvalue weighted by atomic mass is 10.0. The first-order valence-electron chi connectivity index (χ1n) is 6.19. The largest absolute Gasteiger partial charge is 0.493 e. The molecule has 2 rings (SSSR count). The molecule has 3 nitrogen and oxygen atoms in total. The second-order valence-corrected chi connectivity index (χ2v) is 5.00. The van der Waals surface area contributed by atoms with Gasteiger partial charge in [0.15, 0.2) is 0 Å². The second-order valence-electron chi connectivity index (χ2n) is 4.22. The molecule has 1 saturated heterocycles. The van der Waals surface area contributed by atoms with Gasteiger partial charge in [0.25, 0.3) is 0 Å². The Labute approximate surface area is 122 Å². The fraction of sp³-hybridized carbons (Fsp3) is 0.538. The van der Waals surface area contributed by atoms with E-state index >= 15 is 0 Å². The van der Waals surface area contributed by atoms with E-state index in [1.807, 2.05) is 6.92 Å². The van der Waals surface area contributed by atoms with E-state index in [0.717, 1.165) is 5.56 Å². The molecular formula is C13H16Cl2FNO2. The molecule has 0 radical (unpaired) electrons. The van der Waals surface area contributed by atoms with Crippen LogP contribution in [0.15, 0.2) is 6.07 Å². The van der Waals surface area contributed by atoms with Crippen molar-refractivity contribution in [2.75, 3.05) is 25.8 Å². The predicted octanol–water partition coefficient (Wildman–Crippen LogP) is 3.28. The fourth-order valence-electron chi connectivity index (χ4n) is 2.18. The lowest BCUT2D eigenvalue weighted by molar-refractivity contribution is 0.189. The maximum atomic E-state index is 14.3. The van der Waals surface area contributed by atoms with Gasteiger partial charge in [-0.15, -0.1) is 11.6 Å². The van der Waals surface area contributed by atoms with Crippen molar-refractivity contribution in [2.24, 2.45) is 0 Å². The van der Waals surface area contributed by atoms with Gasteiger partial charge in [-0.2, -0.15) is 0 Å². The van der Waals surface area contributed by atoms with Crippen LogP contribution in [0.1, 0.15) is 24.1 Å². The van der Waals surface area contributed by atoms with Crippen molar-refractivity contribution >= 4 is 23.2 Å². The van der Waals surface area contributed by atoms with Crippen molar-refractivity contribution in [2.45, 2.75) is 19.4 Å². The highest BCUT2D eigenvalue weighted by molar-refractivity contribution is 6.31. The van der Waals surface area contributed by atoms with Gasteiger partial charge in [0.2, 0.25) is 0 Å². The Bertz CT molecular complexity index is 451. The second kappa shape index (κ2) is 6.75. The number of hydrogen-bond acceptors (Lipinski definition) is 3. The van der Waals surface area contributed by atoms with Crippen molar-refractivity contribution in [3.05, 3.63) is 28.0 Å². The molecule has 0 amide bonds. The van der Waals surface area contributed by atoms with Crippen molar-refractivity contribution in [1.29, 1.82) is 0 Å². The normalized spacial score (nSPS) is 18.8. The predicted molar refractivity (Wildman–Crippen MR) is 73.7 cm³/mol. The third-order valence-corrected chi connectivity index (χ3v) is 3.46. The molecule has 1 aromatic rings. The van der Waals surface area contributed by atoms with Crippen molar-refractivity contribution in [1.82, 2.24) is 5.32 Å². The highest BCUT2D eigenvalue weighted by atomic mass is 35.5. The summed E-state index contributed by atoms with van der Waals surface area (Å²) in [5, 5.41) is 3.17. The molecule has 0 aliphatic carbocycles. The molecule has 0 bridgehead atoms. The number of ether oxygens (including phenoxy) is 2.